The van der Waals surface area contributed by atoms with Gasteiger partial charge in [0, 0.05) is 22.7 Å². The summed E-state index contributed by atoms with van der Waals surface area (Å²) >= 11 is 5.85. The second-order valence-electron chi connectivity index (χ2n) is 6.84. The highest BCUT2D eigenvalue weighted by molar-refractivity contribution is 6.30. The Labute approximate surface area is 180 Å². The number of hydrogen-bond donors (Lipinski definition) is 2. The molecular formula is C22H23ClN4O3. The Hall–Kier alpha value is -3.32. The summed E-state index contributed by atoms with van der Waals surface area (Å²) in [6, 6.07) is 16.0. The monoisotopic (exact) mass is 426 g/mol. The highest BCUT2D eigenvalue weighted by Crippen LogP contribution is 2.17. The van der Waals surface area contributed by atoms with Crippen LogP contribution in [-0.2, 0) is 17.9 Å². The minimum atomic E-state index is -0.389. The van der Waals surface area contributed by atoms with Gasteiger partial charge in [-0.2, -0.15) is 5.10 Å². The van der Waals surface area contributed by atoms with Gasteiger partial charge in [-0.1, -0.05) is 23.7 Å². The molecule has 2 amide bonds. The van der Waals surface area contributed by atoms with Crippen LogP contribution < -0.4 is 15.6 Å². The summed E-state index contributed by atoms with van der Waals surface area (Å²) in [6.45, 7) is 4.65. The van der Waals surface area contributed by atoms with E-state index < -0.39 is 0 Å². The van der Waals surface area contributed by atoms with Gasteiger partial charge in [-0.25, -0.2) is 0 Å². The number of ether oxygens (including phenoxy) is 1. The van der Waals surface area contributed by atoms with Crippen LogP contribution in [0.1, 0.15) is 33.7 Å². The van der Waals surface area contributed by atoms with E-state index in [0.717, 1.165) is 17.0 Å². The lowest BCUT2D eigenvalue weighted by Crippen LogP contribution is -2.41. The summed E-state index contributed by atoms with van der Waals surface area (Å²) in [6.07, 6.45) is 0.212. The molecule has 0 saturated heterocycles. The number of nitrogens with one attached hydrogen (secondary N) is 2. The molecule has 0 fully saturated rings. The molecule has 0 unspecified atom stereocenters. The number of carbonyl (C=O) groups is 2. The smallest absolute Gasteiger partial charge is 0.269 e. The maximum atomic E-state index is 12.2. The van der Waals surface area contributed by atoms with Crippen molar-refractivity contribution < 1.29 is 14.3 Å². The van der Waals surface area contributed by atoms with Gasteiger partial charge in [0.15, 0.2) is 0 Å². The zero-order valence-electron chi connectivity index (χ0n) is 16.8. The highest BCUT2D eigenvalue weighted by atomic mass is 35.5. The van der Waals surface area contributed by atoms with Gasteiger partial charge >= 0.3 is 0 Å². The third-order valence-corrected chi connectivity index (χ3v) is 4.66. The Bertz CT molecular complexity index is 1010. The van der Waals surface area contributed by atoms with Crippen molar-refractivity contribution in [2.24, 2.45) is 0 Å². The third-order valence-electron chi connectivity index (χ3n) is 4.40. The standard InChI is InChI=1S/C22H23ClN4O3/c1-15-13-16(2)27(26-15)12-11-21(28)24-25-22(29)18-5-3-17(4-6-18)14-30-20-9-7-19(23)8-10-20/h3-10,13H,11-12,14H2,1-2H3,(H,24,28)(H,25,29). The SMILES string of the molecule is Cc1cc(C)n(CCC(=O)NNC(=O)c2ccc(COc3ccc(Cl)cc3)cc2)n1. The van der Waals surface area contributed by atoms with Gasteiger partial charge in [-0.15, -0.1) is 0 Å². The van der Waals surface area contributed by atoms with E-state index in [1.807, 2.05) is 19.9 Å². The van der Waals surface area contributed by atoms with Gasteiger partial charge < -0.3 is 4.74 Å². The molecule has 0 bridgehead atoms. The molecule has 2 N–H and O–H groups in total. The molecule has 7 nitrogen and oxygen atoms in total. The number of hydrogen-bond acceptors (Lipinski definition) is 4. The Balaban J connectivity index is 1.43. The van der Waals surface area contributed by atoms with E-state index in [0.29, 0.717) is 29.5 Å². The van der Waals surface area contributed by atoms with Crippen molar-refractivity contribution in [2.75, 3.05) is 0 Å². The van der Waals surface area contributed by atoms with Gasteiger partial charge in [-0.05, 0) is 61.9 Å². The van der Waals surface area contributed by atoms with Crippen LogP contribution >= 0.6 is 11.6 Å². The summed E-state index contributed by atoms with van der Waals surface area (Å²) in [7, 11) is 0. The van der Waals surface area contributed by atoms with Crippen LogP contribution in [0.4, 0.5) is 0 Å². The topological polar surface area (TPSA) is 85.2 Å². The molecule has 30 heavy (non-hydrogen) atoms. The van der Waals surface area contributed by atoms with Crippen LogP contribution in [0.5, 0.6) is 5.75 Å². The Morgan fingerprint density at radius 3 is 2.37 bits per heavy atom. The van der Waals surface area contributed by atoms with Crippen LogP contribution in [0.15, 0.2) is 54.6 Å². The van der Waals surface area contributed by atoms with Gasteiger partial charge in [0.2, 0.25) is 5.91 Å². The minimum absolute atomic E-state index is 0.212. The van der Waals surface area contributed by atoms with Crippen LogP contribution in [0, 0.1) is 13.8 Å². The van der Waals surface area contributed by atoms with E-state index in [4.69, 9.17) is 16.3 Å². The summed E-state index contributed by atoms with van der Waals surface area (Å²) in [5.74, 6) is 0.0351. The number of carbonyl (C=O) groups excluding carboxylic acids is 2. The molecule has 2 aromatic carbocycles. The molecule has 3 rings (SSSR count). The first kappa shape index (κ1) is 21.4. The molecule has 0 atom stereocenters. The molecule has 0 aliphatic heterocycles. The molecule has 0 radical (unpaired) electrons. The molecule has 0 aliphatic rings. The van der Waals surface area contributed by atoms with Crippen LogP contribution in [0.25, 0.3) is 0 Å². The maximum absolute atomic E-state index is 12.2. The van der Waals surface area contributed by atoms with E-state index >= 15 is 0 Å². The van der Waals surface area contributed by atoms with Crippen molar-refractivity contribution in [3.63, 3.8) is 0 Å². The number of aromatic nitrogens is 2. The van der Waals surface area contributed by atoms with Gasteiger partial charge in [0.25, 0.3) is 5.91 Å². The molecule has 0 aliphatic carbocycles. The predicted octanol–water partition coefficient (Wildman–Crippen LogP) is 3.58. The van der Waals surface area contributed by atoms with Gasteiger partial charge in [0.1, 0.15) is 12.4 Å². The van der Waals surface area contributed by atoms with E-state index in [-0.39, 0.29) is 18.2 Å². The Kier molecular flexibility index (Phi) is 7.08. The number of amides is 2. The predicted molar refractivity (Wildman–Crippen MR) is 114 cm³/mol. The first-order valence-electron chi connectivity index (χ1n) is 9.48. The fourth-order valence-corrected chi connectivity index (χ4v) is 2.95. The van der Waals surface area contributed by atoms with Crippen molar-refractivity contribution in [3.8, 4) is 5.75 Å². The third kappa shape index (κ3) is 6.09. The summed E-state index contributed by atoms with van der Waals surface area (Å²) in [5, 5.41) is 4.95. The average Bonchev–Trinajstić information content (AvgIpc) is 3.07. The molecule has 1 aromatic heterocycles. The molecule has 3 aromatic rings. The number of benzene rings is 2. The molecular weight excluding hydrogens is 404 g/mol. The van der Waals surface area contributed by atoms with Crippen molar-refractivity contribution in [2.45, 2.75) is 33.4 Å². The zero-order valence-corrected chi connectivity index (χ0v) is 17.6. The molecule has 0 spiro atoms. The highest BCUT2D eigenvalue weighted by Gasteiger charge is 2.09. The Morgan fingerprint density at radius 1 is 1.03 bits per heavy atom. The number of hydrazine groups is 1. The number of rotatable bonds is 7. The first-order chi connectivity index (χ1) is 14.4. The molecule has 8 heteroatoms. The Morgan fingerprint density at radius 2 is 1.73 bits per heavy atom. The lowest BCUT2D eigenvalue weighted by molar-refractivity contribution is -0.122. The second kappa shape index (κ2) is 9.93. The van der Waals surface area contributed by atoms with Gasteiger partial charge in [0.05, 0.1) is 12.2 Å². The van der Waals surface area contributed by atoms with Crippen molar-refractivity contribution >= 4 is 23.4 Å². The number of nitrogens with zero attached hydrogens (tertiary/aromatic N) is 2. The van der Waals surface area contributed by atoms with Crippen molar-refractivity contribution in [1.82, 2.24) is 20.6 Å². The average molecular weight is 427 g/mol. The van der Waals surface area contributed by atoms with Crippen molar-refractivity contribution in [1.29, 1.82) is 0 Å². The summed E-state index contributed by atoms with van der Waals surface area (Å²) < 4.78 is 7.44. The lowest BCUT2D eigenvalue weighted by atomic mass is 10.1. The fourth-order valence-electron chi connectivity index (χ4n) is 2.82. The molecule has 1 heterocycles. The lowest BCUT2D eigenvalue weighted by Gasteiger charge is -2.09. The number of halogens is 1. The van der Waals surface area contributed by atoms with Crippen LogP contribution in [0.3, 0.4) is 0 Å². The van der Waals surface area contributed by atoms with Crippen LogP contribution in [0.2, 0.25) is 5.02 Å². The van der Waals surface area contributed by atoms with Crippen LogP contribution in [-0.4, -0.2) is 21.6 Å². The molecule has 0 saturated carbocycles. The van der Waals surface area contributed by atoms with Crippen molar-refractivity contribution in [3.05, 3.63) is 82.1 Å². The minimum Gasteiger partial charge on any atom is -0.489 e. The van der Waals surface area contributed by atoms with E-state index in [1.54, 1.807) is 53.2 Å². The van der Waals surface area contributed by atoms with E-state index in [2.05, 4.69) is 16.0 Å². The fraction of sp³-hybridized carbons (Fsp3) is 0.227. The molecule has 156 valence electrons. The van der Waals surface area contributed by atoms with Gasteiger partial charge in [-0.3, -0.25) is 25.1 Å². The zero-order chi connectivity index (χ0) is 21.5. The maximum Gasteiger partial charge on any atom is 0.269 e. The summed E-state index contributed by atoms with van der Waals surface area (Å²) in [4.78, 5) is 24.2. The largest absolute Gasteiger partial charge is 0.489 e. The van der Waals surface area contributed by atoms with E-state index in [1.165, 1.54) is 0 Å². The normalized spacial score (nSPS) is 10.5. The second-order valence-corrected chi connectivity index (χ2v) is 7.28. The number of aryl methyl sites for hydroxylation is 3. The van der Waals surface area contributed by atoms with E-state index in [9.17, 15) is 9.59 Å². The summed E-state index contributed by atoms with van der Waals surface area (Å²) in [5.41, 5.74) is 8.10. The first-order valence-corrected chi connectivity index (χ1v) is 9.86. The quantitative estimate of drug-likeness (QED) is 0.565.